The number of alkyl halides is 1. The predicted octanol–water partition coefficient (Wildman–Crippen LogP) is 2.84. The maximum absolute atomic E-state index is 10.7. The van der Waals surface area contributed by atoms with Crippen molar-refractivity contribution in [3.05, 3.63) is 36.0 Å². The Labute approximate surface area is 114 Å². The molecule has 0 fully saturated rings. The minimum absolute atomic E-state index is 0.226. The second-order valence-corrected chi connectivity index (χ2v) is 4.83. The SMILES string of the molecule is NC(=O)CCCn1cc(CI)c2ccccc21. The van der Waals surface area contributed by atoms with E-state index in [4.69, 9.17) is 5.73 Å². The van der Waals surface area contributed by atoms with Crippen LogP contribution < -0.4 is 5.73 Å². The van der Waals surface area contributed by atoms with Gasteiger partial charge in [0, 0.05) is 34.5 Å². The minimum Gasteiger partial charge on any atom is -0.370 e. The summed E-state index contributed by atoms with van der Waals surface area (Å²) < 4.78 is 3.22. The number of aryl methyl sites for hydroxylation is 1. The average Bonchev–Trinajstić information content (AvgIpc) is 2.68. The Bertz CT molecular complexity index is 533. The van der Waals surface area contributed by atoms with Crippen molar-refractivity contribution in [3.8, 4) is 0 Å². The van der Waals surface area contributed by atoms with Crippen molar-refractivity contribution in [2.45, 2.75) is 23.8 Å². The van der Waals surface area contributed by atoms with Crippen LogP contribution in [0.5, 0.6) is 0 Å². The number of hydrogen-bond donors (Lipinski definition) is 1. The van der Waals surface area contributed by atoms with Crippen LogP contribution in [0.1, 0.15) is 18.4 Å². The average molecular weight is 342 g/mol. The van der Waals surface area contributed by atoms with Gasteiger partial charge in [0.15, 0.2) is 0 Å². The van der Waals surface area contributed by atoms with Crippen LogP contribution in [0.2, 0.25) is 0 Å². The molecular weight excluding hydrogens is 327 g/mol. The van der Waals surface area contributed by atoms with Gasteiger partial charge in [-0.2, -0.15) is 0 Å². The zero-order valence-corrected chi connectivity index (χ0v) is 11.7. The van der Waals surface area contributed by atoms with E-state index in [1.807, 2.05) is 6.07 Å². The molecule has 1 aromatic carbocycles. The molecule has 1 heterocycles. The van der Waals surface area contributed by atoms with Gasteiger partial charge < -0.3 is 10.3 Å². The monoisotopic (exact) mass is 342 g/mol. The van der Waals surface area contributed by atoms with E-state index in [9.17, 15) is 4.79 Å². The van der Waals surface area contributed by atoms with Gasteiger partial charge in [0.05, 0.1) is 0 Å². The third-order valence-electron chi connectivity index (χ3n) is 2.84. The summed E-state index contributed by atoms with van der Waals surface area (Å²) in [7, 11) is 0. The first kappa shape index (κ1) is 12.4. The van der Waals surface area contributed by atoms with Crippen molar-refractivity contribution in [1.29, 1.82) is 0 Å². The van der Waals surface area contributed by atoms with Gasteiger partial charge >= 0.3 is 0 Å². The first-order valence-electron chi connectivity index (χ1n) is 5.63. The summed E-state index contributed by atoms with van der Waals surface area (Å²) in [4.78, 5) is 10.7. The number of para-hydroxylation sites is 1. The lowest BCUT2D eigenvalue weighted by atomic mass is 10.2. The molecule has 2 aromatic rings. The Hall–Kier alpha value is -1.04. The molecule has 2 N–H and O–H groups in total. The van der Waals surface area contributed by atoms with E-state index >= 15 is 0 Å². The number of amides is 1. The number of carbonyl (C=O) groups is 1. The number of hydrogen-bond acceptors (Lipinski definition) is 1. The summed E-state index contributed by atoms with van der Waals surface area (Å²) in [6.07, 6.45) is 3.43. The fourth-order valence-corrected chi connectivity index (χ4v) is 2.65. The van der Waals surface area contributed by atoms with Gasteiger partial charge in [0.25, 0.3) is 0 Å². The van der Waals surface area contributed by atoms with E-state index < -0.39 is 0 Å². The van der Waals surface area contributed by atoms with Gasteiger partial charge in [-0.3, -0.25) is 4.79 Å². The molecule has 0 aliphatic carbocycles. The molecule has 4 heteroatoms. The summed E-state index contributed by atoms with van der Waals surface area (Å²) >= 11 is 2.38. The van der Waals surface area contributed by atoms with Crippen LogP contribution in [-0.2, 0) is 15.8 Å². The standard InChI is InChI=1S/C13H15IN2O/c14-8-10-9-16(7-3-6-13(15)17)12-5-2-1-4-11(10)12/h1-2,4-5,9H,3,6-8H2,(H2,15,17). The number of primary amides is 1. The highest BCUT2D eigenvalue weighted by molar-refractivity contribution is 14.1. The van der Waals surface area contributed by atoms with E-state index in [0.717, 1.165) is 17.4 Å². The largest absolute Gasteiger partial charge is 0.370 e. The first-order valence-corrected chi connectivity index (χ1v) is 7.16. The number of nitrogens with two attached hydrogens (primary N) is 1. The molecule has 1 aromatic heterocycles. The fourth-order valence-electron chi connectivity index (χ4n) is 2.04. The highest BCUT2D eigenvalue weighted by atomic mass is 127. The Kier molecular flexibility index (Phi) is 4.04. The number of nitrogens with zero attached hydrogens (tertiary/aromatic N) is 1. The van der Waals surface area contributed by atoms with Crippen molar-refractivity contribution in [3.63, 3.8) is 0 Å². The van der Waals surface area contributed by atoms with Gasteiger partial charge in [-0.15, -0.1) is 0 Å². The van der Waals surface area contributed by atoms with E-state index in [2.05, 4.69) is 51.6 Å². The molecular formula is C13H15IN2O. The molecule has 0 radical (unpaired) electrons. The molecule has 0 unspecified atom stereocenters. The van der Waals surface area contributed by atoms with Crippen molar-refractivity contribution in [2.75, 3.05) is 0 Å². The van der Waals surface area contributed by atoms with Crippen molar-refractivity contribution >= 4 is 39.4 Å². The molecule has 0 spiro atoms. The van der Waals surface area contributed by atoms with Gasteiger partial charge in [-0.25, -0.2) is 0 Å². The quantitative estimate of drug-likeness (QED) is 0.659. The Morgan fingerprint density at radius 1 is 1.35 bits per heavy atom. The highest BCUT2D eigenvalue weighted by Crippen LogP contribution is 2.23. The van der Waals surface area contributed by atoms with Gasteiger partial charge in [0.1, 0.15) is 0 Å². The number of fused-ring (bicyclic) bond motifs is 1. The van der Waals surface area contributed by atoms with E-state index in [1.165, 1.54) is 16.5 Å². The second kappa shape index (κ2) is 5.53. The molecule has 3 nitrogen and oxygen atoms in total. The third-order valence-corrected chi connectivity index (χ3v) is 3.66. The molecule has 0 aliphatic rings. The van der Waals surface area contributed by atoms with Crippen LogP contribution >= 0.6 is 22.6 Å². The van der Waals surface area contributed by atoms with Crippen LogP contribution in [0, 0.1) is 0 Å². The maximum atomic E-state index is 10.7. The molecule has 0 saturated heterocycles. The second-order valence-electron chi connectivity index (χ2n) is 4.07. The normalized spacial score (nSPS) is 10.9. The number of carbonyl (C=O) groups excluding carboxylic acids is 1. The molecule has 0 aliphatic heterocycles. The van der Waals surface area contributed by atoms with Gasteiger partial charge in [-0.05, 0) is 18.1 Å². The first-order chi connectivity index (χ1) is 8.22. The van der Waals surface area contributed by atoms with Crippen LogP contribution in [0.4, 0.5) is 0 Å². The summed E-state index contributed by atoms with van der Waals surface area (Å²) in [5.74, 6) is -0.226. The summed E-state index contributed by atoms with van der Waals surface area (Å²) in [6, 6.07) is 8.37. The number of aromatic nitrogens is 1. The Balaban J connectivity index is 2.24. The van der Waals surface area contributed by atoms with Crippen molar-refractivity contribution in [1.82, 2.24) is 4.57 Å². The summed E-state index contributed by atoms with van der Waals surface area (Å²) in [5, 5.41) is 1.31. The lowest BCUT2D eigenvalue weighted by molar-refractivity contribution is -0.118. The van der Waals surface area contributed by atoms with Crippen molar-refractivity contribution < 1.29 is 4.79 Å². The zero-order chi connectivity index (χ0) is 12.3. The molecule has 90 valence electrons. The number of halogens is 1. The van der Waals surface area contributed by atoms with Gasteiger partial charge in [0.2, 0.25) is 5.91 Å². The molecule has 17 heavy (non-hydrogen) atoms. The van der Waals surface area contributed by atoms with E-state index in [-0.39, 0.29) is 5.91 Å². The summed E-state index contributed by atoms with van der Waals surface area (Å²) in [6.45, 7) is 0.847. The zero-order valence-electron chi connectivity index (χ0n) is 9.53. The fraction of sp³-hybridized carbons (Fsp3) is 0.308. The number of rotatable bonds is 5. The molecule has 0 atom stereocenters. The maximum Gasteiger partial charge on any atom is 0.217 e. The third kappa shape index (κ3) is 2.80. The number of benzene rings is 1. The Morgan fingerprint density at radius 2 is 2.12 bits per heavy atom. The highest BCUT2D eigenvalue weighted by Gasteiger charge is 2.06. The molecule has 0 saturated carbocycles. The molecule has 0 bridgehead atoms. The lowest BCUT2D eigenvalue weighted by Crippen LogP contribution is -2.11. The smallest absolute Gasteiger partial charge is 0.217 e. The molecule has 1 amide bonds. The lowest BCUT2D eigenvalue weighted by Gasteiger charge is -2.03. The topological polar surface area (TPSA) is 48.0 Å². The van der Waals surface area contributed by atoms with Crippen LogP contribution in [0.25, 0.3) is 10.9 Å². The van der Waals surface area contributed by atoms with E-state index in [1.54, 1.807) is 0 Å². The van der Waals surface area contributed by atoms with Crippen LogP contribution in [-0.4, -0.2) is 10.5 Å². The van der Waals surface area contributed by atoms with Crippen LogP contribution in [0.15, 0.2) is 30.5 Å². The molecule has 2 rings (SSSR count). The summed E-state index contributed by atoms with van der Waals surface area (Å²) in [5.41, 5.74) is 7.74. The van der Waals surface area contributed by atoms with Crippen LogP contribution in [0.3, 0.4) is 0 Å². The van der Waals surface area contributed by atoms with Crippen molar-refractivity contribution in [2.24, 2.45) is 5.73 Å². The Morgan fingerprint density at radius 3 is 2.82 bits per heavy atom. The van der Waals surface area contributed by atoms with Gasteiger partial charge in [-0.1, -0.05) is 40.8 Å². The van der Waals surface area contributed by atoms with E-state index in [0.29, 0.717) is 6.42 Å². The predicted molar refractivity (Wildman–Crippen MR) is 78.1 cm³/mol. The minimum atomic E-state index is -0.226.